The Labute approximate surface area is 97.8 Å². The summed E-state index contributed by atoms with van der Waals surface area (Å²) < 4.78 is 10.5. The van der Waals surface area contributed by atoms with Crippen molar-refractivity contribution < 1.29 is 9.47 Å². The Bertz CT molecular complexity index is 474. The predicted octanol–water partition coefficient (Wildman–Crippen LogP) is 2.93. The SMILES string of the molecule is COc1ccc(Oc2cc(Cl)ncn2)cc1. The van der Waals surface area contributed by atoms with E-state index < -0.39 is 0 Å². The third kappa shape index (κ3) is 2.61. The standard InChI is InChI=1S/C11H9ClN2O2/c1-15-8-2-4-9(5-3-8)16-11-6-10(12)13-7-14-11/h2-7H,1H3. The van der Waals surface area contributed by atoms with Crippen LogP contribution < -0.4 is 9.47 Å². The summed E-state index contributed by atoms with van der Waals surface area (Å²) in [4.78, 5) is 7.69. The number of rotatable bonds is 3. The lowest BCUT2D eigenvalue weighted by atomic mass is 10.3. The summed E-state index contributed by atoms with van der Waals surface area (Å²) in [5.74, 6) is 1.84. The summed E-state index contributed by atoms with van der Waals surface area (Å²) in [5, 5.41) is 0.346. The van der Waals surface area contributed by atoms with Crippen LogP contribution in [0.1, 0.15) is 0 Å². The van der Waals surface area contributed by atoms with Crippen LogP contribution in [-0.2, 0) is 0 Å². The average molecular weight is 237 g/mol. The van der Waals surface area contributed by atoms with Crippen molar-refractivity contribution in [3.8, 4) is 17.4 Å². The molecule has 0 aliphatic carbocycles. The smallest absolute Gasteiger partial charge is 0.223 e. The molecule has 0 unspecified atom stereocenters. The number of hydrogen-bond acceptors (Lipinski definition) is 4. The van der Waals surface area contributed by atoms with E-state index in [1.54, 1.807) is 37.4 Å². The van der Waals surface area contributed by atoms with E-state index in [1.807, 2.05) is 0 Å². The van der Waals surface area contributed by atoms with Gasteiger partial charge in [0.1, 0.15) is 23.0 Å². The van der Waals surface area contributed by atoms with E-state index in [2.05, 4.69) is 9.97 Å². The third-order valence-corrected chi connectivity index (χ3v) is 2.10. The van der Waals surface area contributed by atoms with Gasteiger partial charge in [0.15, 0.2) is 0 Å². The highest BCUT2D eigenvalue weighted by atomic mass is 35.5. The molecule has 0 fully saturated rings. The van der Waals surface area contributed by atoms with Crippen molar-refractivity contribution in [2.45, 2.75) is 0 Å². The van der Waals surface area contributed by atoms with E-state index in [9.17, 15) is 0 Å². The van der Waals surface area contributed by atoms with Crippen LogP contribution in [0.25, 0.3) is 0 Å². The van der Waals surface area contributed by atoms with Gasteiger partial charge in [-0.2, -0.15) is 0 Å². The van der Waals surface area contributed by atoms with Crippen molar-refractivity contribution in [2.75, 3.05) is 7.11 Å². The molecule has 1 heterocycles. The van der Waals surface area contributed by atoms with Crippen LogP contribution in [0.2, 0.25) is 5.15 Å². The van der Waals surface area contributed by atoms with Crippen LogP contribution in [-0.4, -0.2) is 17.1 Å². The molecule has 2 rings (SSSR count). The Morgan fingerprint density at radius 2 is 1.75 bits per heavy atom. The number of benzene rings is 1. The minimum absolute atomic E-state index is 0.346. The minimum atomic E-state index is 0.346. The van der Waals surface area contributed by atoms with Gasteiger partial charge in [-0.1, -0.05) is 11.6 Å². The largest absolute Gasteiger partial charge is 0.497 e. The van der Waals surface area contributed by atoms with Gasteiger partial charge in [-0.25, -0.2) is 9.97 Å². The molecule has 0 radical (unpaired) electrons. The molecule has 1 aromatic heterocycles. The van der Waals surface area contributed by atoms with Crippen LogP contribution >= 0.6 is 11.6 Å². The normalized spacial score (nSPS) is 9.88. The number of nitrogens with zero attached hydrogens (tertiary/aromatic N) is 2. The van der Waals surface area contributed by atoms with Crippen molar-refractivity contribution >= 4 is 11.6 Å². The Kier molecular flexibility index (Phi) is 3.22. The molecular weight excluding hydrogens is 228 g/mol. The molecule has 0 atom stereocenters. The van der Waals surface area contributed by atoms with E-state index in [4.69, 9.17) is 21.1 Å². The monoisotopic (exact) mass is 236 g/mol. The molecule has 16 heavy (non-hydrogen) atoms. The molecule has 4 nitrogen and oxygen atoms in total. The second kappa shape index (κ2) is 4.81. The van der Waals surface area contributed by atoms with Crippen molar-refractivity contribution in [2.24, 2.45) is 0 Å². The molecule has 1 aromatic carbocycles. The molecular formula is C11H9ClN2O2. The Morgan fingerprint density at radius 1 is 1.06 bits per heavy atom. The molecule has 2 aromatic rings. The minimum Gasteiger partial charge on any atom is -0.497 e. The molecule has 0 bridgehead atoms. The fourth-order valence-corrected chi connectivity index (χ4v) is 1.27. The summed E-state index contributed by atoms with van der Waals surface area (Å²) in [6, 6.07) is 8.73. The molecule has 0 aliphatic heterocycles. The van der Waals surface area contributed by atoms with Crippen LogP contribution in [0, 0.1) is 0 Å². The summed E-state index contributed by atoms with van der Waals surface area (Å²) in [5.41, 5.74) is 0. The quantitative estimate of drug-likeness (QED) is 0.769. The summed E-state index contributed by atoms with van der Waals surface area (Å²) >= 11 is 5.71. The highest BCUT2D eigenvalue weighted by Crippen LogP contribution is 2.22. The third-order valence-electron chi connectivity index (χ3n) is 1.89. The van der Waals surface area contributed by atoms with E-state index >= 15 is 0 Å². The number of methoxy groups -OCH3 is 1. The predicted molar refractivity (Wildman–Crippen MR) is 60.1 cm³/mol. The van der Waals surface area contributed by atoms with Gasteiger partial charge in [-0.05, 0) is 24.3 Å². The van der Waals surface area contributed by atoms with Crippen molar-refractivity contribution in [1.82, 2.24) is 9.97 Å². The zero-order chi connectivity index (χ0) is 11.4. The van der Waals surface area contributed by atoms with E-state index in [1.165, 1.54) is 6.33 Å². The van der Waals surface area contributed by atoms with Gasteiger partial charge in [-0.3, -0.25) is 0 Å². The van der Waals surface area contributed by atoms with Crippen molar-refractivity contribution in [3.05, 3.63) is 41.8 Å². The first kappa shape index (κ1) is 10.7. The van der Waals surface area contributed by atoms with Crippen LogP contribution in [0.3, 0.4) is 0 Å². The van der Waals surface area contributed by atoms with E-state index in [0.717, 1.165) is 5.75 Å². The van der Waals surface area contributed by atoms with Crippen LogP contribution in [0.4, 0.5) is 0 Å². The molecule has 0 saturated heterocycles. The average Bonchev–Trinajstić information content (AvgIpc) is 2.30. The maximum absolute atomic E-state index is 5.71. The number of hydrogen-bond donors (Lipinski definition) is 0. The Balaban J connectivity index is 2.14. The van der Waals surface area contributed by atoms with Gasteiger partial charge >= 0.3 is 0 Å². The lowest BCUT2D eigenvalue weighted by molar-refractivity contribution is 0.412. The lowest BCUT2D eigenvalue weighted by Gasteiger charge is -2.05. The first-order chi connectivity index (χ1) is 7.78. The molecule has 0 saturated carbocycles. The number of aromatic nitrogens is 2. The van der Waals surface area contributed by atoms with Gasteiger partial charge in [0.25, 0.3) is 0 Å². The Morgan fingerprint density at radius 3 is 2.38 bits per heavy atom. The summed E-state index contributed by atoms with van der Waals surface area (Å²) in [6.07, 6.45) is 1.35. The maximum atomic E-state index is 5.71. The maximum Gasteiger partial charge on any atom is 0.223 e. The molecule has 5 heteroatoms. The van der Waals surface area contributed by atoms with Gasteiger partial charge < -0.3 is 9.47 Å². The molecule has 0 aliphatic rings. The first-order valence-electron chi connectivity index (χ1n) is 4.57. The molecule has 0 amide bonds. The molecule has 0 spiro atoms. The topological polar surface area (TPSA) is 44.2 Å². The zero-order valence-corrected chi connectivity index (χ0v) is 9.31. The van der Waals surface area contributed by atoms with Crippen LogP contribution in [0.15, 0.2) is 36.7 Å². The summed E-state index contributed by atoms with van der Waals surface area (Å²) in [7, 11) is 1.61. The number of halogens is 1. The lowest BCUT2D eigenvalue weighted by Crippen LogP contribution is -1.89. The van der Waals surface area contributed by atoms with E-state index in [0.29, 0.717) is 16.8 Å². The second-order valence-electron chi connectivity index (χ2n) is 2.96. The van der Waals surface area contributed by atoms with Crippen molar-refractivity contribution in [3.63, 3.8) is 0 Å². The first-order valence-corrected chi connectivity index (χ1v) is 4.95. The summed E-state index contributed by atoms with van der Waals surface area (Å²) in [6.45, 7) is 0. The van der Waals surface area contributed by atoms with Gasteiger partial charge in [0, 0.05) is 6.07 Å². The van der Waals surface area contributed by atoms with Gasteiger partial charge in [-0.15, -0.1) is 0 Å². The zero-order valence-electron chi connectivity index (χ0n) is 8.55. The molecule has 0 N–H and O–H groups in total. The highest BCUT2D eigenvalue weighted by molar-refractivity contribution is 6.29. The Hall–Kier alpha value is -1.81. The van der Waals surface area contributed by atoms with Crippen LogP contribution in [0.5, 0.6) is 17.4 Å². The van der Waals surface area contributed by atoms with Crippen molar-refractivity contribution in [1.29, 1.82) is 0 Å². The van der Waals surface area contributed by atoms with Gasteiger partial charge in [0.2, 0.25) is 5.88 Å². The van der Waals surface area contributed by atoms with E-state index in [-0.39, 0.29) is 0 Å². The second-order valence-corrected chi connectivity index (χ2v) is 3.34. The fraction of sp³-hybridized carbons (Fsp3) is 0.0909. The highest BCUT2D eigenvalue weighted by Gasteiger charge is 2.00. The number of ether oxygens (including phenoxy) is 2. The van der Waals surface area contributed by atoms with Gasteiger partial charge in [0.05, 0.1) is 7.11 Å². The fourth-order valence-electron chi connectivity index (χ4n) is 1.14. The molecule has 82 valence electrons.